The normalized spacial score (nSPS) is 20.3. The Morgan fingerprint density at radius 3 is 2.43 bits per heavy atom. The number of likely N-dealkylation sites (tertiary alicyclic amines) is 1. The number of hydrogen-bond donors (Lipinski definition) is 1. The minimum Gasteiger partial charge on any atom is -0.399 e. The van der Waals surface area contributed by atoms with Crippen LogP contribution in [-0.2, 0) is 10.0 Å². The van der Waals surface area contributed by atoms with Gasteiger partial charge in [0.15, 0.2) is 4.90 Å². The standard InChI is InChI=1S/C13H19F2N3O2S/c1-17-5-3-4-10(17)8-18(2)21(19,20)13-11(14)6-9(16)7-12(13)15/h6-7,10H,3-5,8,16H2,1-2H3. The van der Waals surface area contributed by atoms with Crippen LogP contribution in [0.25, 0.3) is 0 Å². The Labute approximate surface area is 123 Å². The Morgan fingerprint density at radius 1 is 1.38 bits per heavy atom. The molecule has 1 atom stereocenters. The van der Waals surface area contributed by atoms with Crippen molar-refractivity contribution in [2.24, 2.45) is 0 Å². The Balaban J connectivity index is 2.29. The van der Waals surface area contributed by atoms with Crippen molar-refractivity contribution in [3.63, 3.8) is 0 Å². The van der Waals surface area contributed by atoms with Gasteiger partial charge in [-0.15, -0.1) is 0 Å². The van der Waals surface area contributed by atoms with E-state index < -0.39 is 26.6 Å². The maximum Gasteiger partial charge on any atom is 0.248 e. The van der Waals surface area contributed by atoms with Gasteiger partial charge in [-0.2, -0.15) is 4.31 Å². The summed E-state index contributed by atoms with van der Waals surface area (Å²) in [6, 6.07) is 1.68. The second-order valence-corrected chi connectivity index (χ2v) is 7.36. The molecule has 1 unspecified atom stereocenters. The molecule has 0 radical (unpaired) electrons. The molecule has 0 aromatic heterocycles. The summed E-state index contributed by atoms with van der Waals surface area (Å²) in [6.45, 7) is 1.09. The summed E-state index contributed by atoms with van der Waals surface area (Å²) in [5, 5.41) is 0. The van der Waals surface area contributed by atoms with Gasteiger partial charge < -0.3 is 10.6 Å². The number of rotatable bonds is 4. The van der Waals surface area contributed by atoms with Crippen molar-refractivity contribution in [1.82, 2.24) is 9.21 Å². The summed E-state index contributed by atoms with van der Waals surface area (Å²) in [5.74, 6) is -2.33. The smallest absolute Gasteiger partial charge is 0.248 e. The number of likely N-dealkylation sites (N-methyl/N-ethyl adjacent to an activating group) is 2. The Kier molecular flexibility index (Phi) is 4.50. The lowest BCUT2D eigenvalue weighted by atomic mass is 10.2. The van der Waals surface area contributed by atoms with Gasteiger partial charge in [-0.1, -0.05) is 0 Å². The van der Waals surface area contributed by atoms with Crippen LogP contribution >= 0.6 is 0 Å². The predicted molar refractivity (Wildman–Crippen MR) is 76.2 cm³/mol. The van der Waals surface area contributed by atoms with Gasteiger partial charge in [-0.3, -0.25) is 0 Å². The highest BCUT2D eigenvalue weighted by Crippen LogP contribution is 2.25. The van der Waals surface area contributed by atoms with Crippen molar-refractivity contribution in [3.05, 3.63) is 23.8 Å². The lowest BCUT2D eigenvalue weighted by Gasteiger charge is -2.25. The second-order valence-electron chi connectivity index (χ2n) is 5.38. The Hall–Kier alpha value is -1.25. The van der Waals surface area contributed by atoms with Crippen molar-refractivity contribution in [1.29, 1.82) is 0 Å². The van der Waals surface area contributed by atoms with Gasteiger partial charge in [-0.25, -0.2) is 17.2 Å². The number of sulfonamides is 1. The number of hydrogen-bond acceptors (Lipinski definition) is 4. The molecule has 1 saturated heterocycles. The molecule has 2 N–H and O–H groups in total. The average Bonchev–Trinajstić information content (AvgIpc) is 2.73. The number of halogens is 2. The van der Waals surface area contributed by atoms with Crippen LogP contribution in [0.1, 0.15) is 12.8 Å². The molecule has 1 aliphatic rings. The van der Waals surface area contributed by atoms with E-state index in [0.717, 1.165) is 35.8 Å². The van der Waals surface area contributed by atoms with Crippen LogP contribution in [0.3, 0.4) is 0 Å². The second kappa shape index (κ2) is 5.86. The molecular weight excluding hydrogens is 300 g/mol. The summed E-state index contributed by atoms with van der Waals surface area (Å²) in [5.41, 5.74) is 5.15. The molecule has 0 saturated carbocycles. The van der Waals surface area contributed by atoms with Gasteiger partial charge in [0.1, 0.15) is 11.6 Å². The van der Waals surface area contributed by atoms with Gasteiger partial charge in [0.25, 0.3) is 0 Å². The van der Waals surface area contributed by atoms with Crippen LogP contribution in [0.2, 0.25) is 0 Å². The van der Waals surface area contributed by atoms with Crippen molar-refractivity contribution < 1.29 is 17.2 Å². The molecule has 1 fully saturated rings. The van der Waals surface area contributed by atoms with Crippen LogP contribution in [0.15, 0.2) is 17.0 Å². The fraction of sp³-hybridized carbons (Fsp3) is 0.538. The van der Waals surface area contributed by atoms with E-state index in [1.807, 2.05) is 11.9 Å². The first kappa shape index (κ1) is 16.1. The van der Waals surface area contributed by atoms with E-state index in [1.54, 1.807) is 0 Å². The van der Waals surface area contributed by atoms with E-state index in [-0.39, 0.29) is 18.3 Å². The SMILES string of the molecule is CN1CCCC1CN(C)S(=O)(=O)c1c(F)cc(N)cc1F. The molecule has 1 heterocycles. The van der Waals surface area contributed by atoms with E-state index in [2.05, 4.69) is 0 Å². The molecule has 1 aliphatic heterocycles. The largest absolute Gasteiger partial charge is 0.399 e. The van der Waals surface area contributed by atoms with Gasteiger partial charge in [-0.05, 0) is 38.6 Å². The monoisotopic (exact) mass is 319 g/mol. The summed E-state index contributed by atoms with van der Waals surface area (Å²) in [6.07, 6.45) is 1.85. The molecule has 0 bridgehead atoms. The summed E-state index contributed by atoms with van der Waals surface area (Å²) >= 11 is 0. The Morgan fingerprint density at radius 2 is 1.95 bits per heavy atom. The minimum atomic E-state index is -4.23. The fourth-order valence-corrected chi connectivity index (χ4v) is 3.88. The summed E-state index contributed by atoms with van der Waals surface area (Å²) in [4.78, 5) is 1.10. The molecule has 5 nitrogen and oxygen atoms in total. The molecular formula is C13H19F2N3O2S. The highest BCUT2D eigenvalue weighted by Gasteiger charge is 2.32. The van der Waals surface area contributed by atoms with E-state index in [4.69, 9.17) is 5.73 Å². The summed E-state index contributed by atoms with van der Waals surface area (Å²) < 4.78 is 53.4. The van der Waals surface area contributed by atoms with E-state index in [0.29, 0.717) is 0 Å². The van der Waals surface area contributed by atoms with E-state index in [1.165, 1.54) is 7.05 Å². The average molecular weight is 319 g/mol. The van der Waals surface area contributed by atoms with E-state index >= 15 is 0 Å². The van der Waals surface area contributed by atoms with Gasteiger partial charge >= 0.3 is 0 Å². The minimum absolute atomic E-state index is 0.0599. The van der Waals surface area contributed by atoms with Crippen molar-refractivity contribution in [2.75, 3.05) is 32.9 Å². The van der Waals surface area contributed by atoms with Crippen LogP contribution in [0, 0.1) is 11.6 Å². The van der Waals surface area contributed by atoms with Gasteiger partial charge in [0, 0.05) is 25.3 Å². The summed E-state index contributed by atoms with van der Waals surface area (Å²) in [7, 11) is -0.992. The van der Waals surface area contributed by atoms with E-state index in [9.17, 15) is 17.2 Å². The zero-order valence-electron chi connectivity index (χ0n) is 12.0. The molecule has 0 spiro atoms. The van der Waals surface area contributed by atoms with Crippen molar-refractivity contribution >= 4 is 15.7 Å². The number of nitrogens with zero attached hydrogens (tertiary/aromatic N) is 2. The number of nitrogens with two attached hydrogens (primary N) is 1. The molecule has 2 rings (SSSR count). The number of anilines is 1. The van der Waals surface area contributed by atoms with Gasteiger partial charge in [0.05, 0.1) is 0 Å². The third-order valence-corrected chi connectivity index (χ3v) is 5.70. The molecule has 0 amide bonds. The van der Waals surface area contributed by atoms with Gasteiger partial charge in [0.2, 0.25) is 10.0 Å². The zero-order chi connectivity index (χ0) is 15.8. The highest BCUT2D eigenvalue weighted by atomic mass is 32.2. The van der Waals surface area contributed by atoms with Crippen LogP contribution in [0.5, 0.6) is 0 Å². The maximum atomic E-state index is 13.8. The molecule has 8 heteroatoms. The first-order valence-electron chi connectivity index (χ1n) is 6.64. The molecule has 118 valence electrons. The molecule has 0 aliphatic carbocycles. The van der Waals surface area contributed by atoms with Crippen molar-refractivity contribution in [3.8, 4) is 0 Å². The zero-order valence-corrected chi connectivity index (χ0v) is 12.8. The van der Waals surface area contributed by atoms with Crippen LogP contribution < -0.4 is 5.73 Å². The predicted octanol–water partition coefficient (Wildman–Crippen LogP) is 1.26. The topological polar surface area (TPSA) is 66.6 Å². The quantitative estimate of drug-likeness (QED) is 0.849. The van der Waals surface area contributed by atoms with Crippen LogP contribution in [-0.4, -0.2) is 50.8 Å². The van der Waals surface area contributed by atoms with Crippen LogP contribution in [0.4, 0.5) is 14.5 Å². The Bertz CT molecular complexity index is 613. The maximum absolute atomic E-state index is 13.8. The fourth-order valence-electron chi connectivity index (χ4n) is 2.59. The lowest BCUT2D eigenvalue weighted by Crippen LogP contribution is -2.40. The lowest BCUT2D eigenvalue weighted by molar-refractivity contribution is 0.270. The highest BCUT2D eigenvalue weighted by molar-refractivity contribution is 7.89. The van der Waals surface area contributed by atoms with Crippen molar-refractivity contribution in [2.45, 2.75) is 23.8 Å². The molecule has 1 aromatic carbocycles. The first-order chi connectivity index (χ1) is 9.73. The molecule has 1 aromatic rings. The number of benzene rings is 1. The third kappa shape index (κ3) is 3.17. The number of nitrogen functional groups attached to an aromatic ring is 1. The molecule has 21 heavy (non-hydrogen) atoms. The first-order valence-corrected chi connectivity index (χ1v) is 8.08. The third-order valence-electron chi connectivity index (χ3n) is 3.83.